The molecule has 0 aliphatic carbocycles. The molecule has 0 atom stereocenters. The molecule has 1 aromatic carbocycles. The lowest BCUT2D eigenvalue weighted by Crippen LogP contribution is -2.48. The van der Waals surface area contributed by atoms with E-state index in [9.17, 15) is 8.78 Å². The van der Waals surface area contributed by atoms with Crippen LogP contribution in [-0.4, -0.2) is 61.9 Å². The van der Waals surface area contributed by atoms with Crippen LogP contribution < -0.4 is 4.90 Å². The Morgan fingerprint density at radius 1 is 0.941 bits per heavy atom. The highest BCUT2D eigenvalue weighted by atomic mass is 32.1. The topological polar surface area (TPSA) is 62.5 Å². The van der Waals surface area contributed by atoms with Crippen molar-refractivity contribution < 1.29 is 8.78 Å². The van der Waals surface area contributed by atoms with Gasteiger partial charge in [-0.15, -0.1) is 10.2 Å². The molecule has 1 saturated heterocycles. The van der Waals surface area contributed by atoms with Crippen molar-refractivity contribution in [3.8, 4) is 21.8 Å². The number of rotatable bonds is 5. The van der Waals surface area contributed by atoms with Crippen LogP contribution in [0.15, 0.2) is 30.3 Å². The van der Waals surface area contributed by atoms with Gasteiger partial charge < -0.3 is 4.90 Å². The molecule has 0 saturated carbocycles. The molecular weight excluding hydrogens is 456 g/mol. The van der Waals surface area contributed by atoms with Crippen molar-refractivity contribution in [3.05, 3.63) is 47.8 Å². The summed E-state index contributed by atoms with van der Waals surface area (Å²) in [5.41, 5.74) is 2.03. The number of thiazole rings is 1. The van der Waals surface area contributed by atoms with Gasteiger partial charge in [0, 0.05) is 49.8 Å². The number of nitrogens with zero attached hydrogens (tertiary/aromatic N) is 7. The molecule has 4 heterocycles. The third kappa shape index (κ3) is 4.16. The molecule has 1 aliphatic heterocycles. The fourth-order valence-corrected chi connectivity index (χ4v) is 5.29. The van der Waals surface area contributed by atoms with Crippen molar-refractivity contribution in [1.29, 1.82) is 0 Å². The molecule has 0 spiro atoms. The lowest BCUT2D eigenvalue weighted by atomic mass is 10.1. The summed E-state index contributed by atoms with van der Waals surface area (Å²) in [7, 11) is 0. The van der Waals surface area contributed by atoms with Crippen LogP contribution in [0.2, 0.25) is 0 Å². The van der Waals surface area contributed by atoms with Crippen LogP contribution in [0, 0.1) is 11.6 Å². The van der Waals surface area contributed by atoms with Gasteiger partial charge in [-0.1, -0.05) is 25.2 Å². The maximum absolute atomic E-state index is 14.9. The highest BCUT2D eigenvalue weighted by molar-refractivity contribution is 7.19. The van der Waals surface area contributed by atoms with Crippen molar-refractivity contribution in [2.75, 3.05) is 31.1 Å². The smallest absolute Gasteiger partial charge is 0.186 e. The molecule has 1 aliphatic rings. The lowest BCUT2D eigenvalue weighted by molar-refractivity contribution is 0.209. The Hall–Kier alpha value is -2.98. The molecule has 0 amide bonds. The second kappa shape index (κ2) is 8.99. The van der Waals surface area contributed by atoms with Crippen LogP contribution in [0.25, 0.3) is 27.5 Å². The zero-order valence-corrected chi connectivity index (χ0v) is 20.5. The third-order valence-corrected chi connectivity index (χ3v) is 7.29. The molecule has 5 rings (SSSR count). The Balaban J connectivity index is 1.61. The summed E-state index contributed by atoms with van der Waals surface area (Å²) in [5.74, 6) is -0.369. The van der Waals surface area contributed by atoms with Crippen molar-refractivity contribution in [2.45, 2.75) is 39.7 Å². The van der Waals surface area contributed by atoms with E-state index in [0.29, 0.717) is 23.1 Å². The molecule has 10 heteroatoms. The number of benzene rings is 1. The molecule has 0 bridgehead atoms. The van der Waals surface area contributed by atoms with E-state index in [1.54, 1.807) is 4.52 Å². The highest BCUT2D eigenvalue weighted by Crippen LogP contribution is 2.41. The van der Waals surface area contributed by atoms with E-state index in [-0.39, 0.29) is 11.5 Å². The maximum Gasteiger partial charge on any atom is 0.186 e. The van der Waals surface area contributed by atoms with Gasteiger partial charge in [-0.3, -0.25) is 4.90 Å². The van der Waals surface area contributed by atoms with Gasteiger partial charge in [-0.05, 0) is 38.1 Å². The van der Waals surface area contributed by atoms with Gasteiger partial charge in [0.1, 0.15) is 17.3 Å². The summed E-state index contributed by atoms with van der Waals surface area (Å²) in [5, 5.41) is 14.1. The Kier molecular flexibility index (Phi) is 6.03. The molecular formula is C24H27F2N7S. The van der Waals surface area contributed by atoms with E-state index in [2.05, 4.69) is 33.8 Å². The monoisotopic (exact) mass is 483 g/mol. The van der Waals surface area contributed by atoms with Crippen LogP contribution >= 0.6 is 11.3 Å². The van der Waals surface area contributed by atoms with Gasteiger partial charge in [0.25, 0.3) is 0 Å². The van der Waals surface area contributed by atoms with Crippen molar-refractivity contribution in [2.24, 2.45) is 0 Å². The molecule has 0 N–H and O–H groups in total. The van der Waals surface area contributed by atoms with Gasteiger partial charge in [0.15, 0.2) is 16.6 Å². The first-order valence-corrected chi connectivity index (χ1v) is 12.3. The summed E-state index contributed by atoms with van der Waals surface area (Å²) >= 11 is 1.48. The van der Waals surface area contributed by atoms with E-state index in [1.165, 1.54) is 23.5 Å². The second-order valence-corrected chi connectivity index (χ2v) is 10.1. The molecule has 0 radical (unpaired) electrons. The SMILES string of the molecule is CC(C)c1nnc2ccc(-c3sc(N4CCN(C(C)C)CC4)nc3-c3ccc(F)cc3F)nn12. The first-order chi connectivity index (χ1) is 16.3. The minimum Gasteiger partial charge on any atom is -0.345 e. The van der Waals surface area contributed by atoms with Crippen molar-refractivity contribution in [1.82, 2.24) is 29.7 Å². The normalized spacial score (nSPS) is 15.2. The van der Waals surface area contributed by atoms with Gasteiger partial charge in [0.05, 0.1) is 10.6 Å². The molecule has 4 aromatic rings. The predicted molar refractivity (Wildman–Crippen MR) is 130 cm³/mol. The predicted octanol–water partition coefficient (Wildman–Crippen LogP) is 4.85. The first-order valence-electron chi connectivity index (χ1n) is 11.5. The number of aromatic nitrogens is 5. The number of hydrogen-bond acceptors (Lipinski definition) is 7. The van der Waals surface area contributed by atoms with Crippen LogP contribution in [-0.2, 0) is 0 Å². The average Bonchev–Trinajstić information content (AvgIpc) is 3.43. The van der Waals surface area contributed by atoms with E-state index in [1.807, 2.05) is 26.0 Å². The molecule has 3 aromatic heterocycles. The quantitative estimate of drug-likeness (QED) is 0.405. The third-order valence-electron chi connectivity index (χ3n) is 6.15. The number of fused-ring (bicyclic) bond motifs is 1. The molecule has 0 unspecified atom stereocenters. The van der Waals surface area contributed by atoms with Gasteiger partial charge in [0.2, 0.25) is 0 Å². The zero-order chi connectivity index (χ0) is 24.0. The van der Waals surface area contributed by atoms with Crippen LogP contribution in [0.1, 0.15) is 39.4 Å². The van der Waals surface area contributed by atoms with E-state index in [4.69, 9.17) is 10.1 Å². The average molecular weight is 484 g/mol. The lowest BCUT2D eigenvalue weighted by Gasteiger charge is -2.36. The largest absolute Gasteiger partial charge is 0.345 e. The molecule has 34 heavy (non-hydrogen) atoms. The Labute approximate surface area is 201 Å². The van der Waals surface area contributed by atoms with Gasteiger partial charge in [-0.25, -0.2) is 13.8 Å². The fraction of sp³-hybridized carbons (Fsp3) is 0.417. The number of anilines is 1. The summed E-state index contributed by atoms with van der Waals surface area (Å²) < 4.78 is 30.2. The van der Waals surface area contributed by atoms with Gasteiger partial charge >= 0.3 is 0 Å². The Morgan fingerprint density at radius 2 is 1.71 bits per heavy atom. The van der Waals surface area contributed by atoms with E-state index in [0.717, 1.165) is 48.1 Å². The summed E-state index contributed by atoms with van der Waals surface area (Å²) in [6, 6.07) is 7.80. The maximum atomic E-state index is 14.9. The zero-order valence-electron chi connectivity index (χ0n) is 19.7. The van der Waals surface area contributed by atoms with E-state index >= 15 is 0 Å². The summed E-state index contributed by atoms with van der Waals surface area (Å²) in [6.45, 7) is 12.0. The first kappa shape index (κ1) is 22.8. The van der Waals surface area contributed by atoms with E-state index < -0.39 is 11.6 Å². The highest BCUT2D eigenvalue weighted by Gasteiger charge is 2.26. The Morgan fingerprint density at radius 3 is 2.38 bits per heavy atom. The number of hydrogen-bond donors (Lipinski definition) is 0. The van der Waals surface area contributed by atoms with Gasteiger partial charge in [-0.2, -0.15) is 9.61 Å². The van der Waals surface area contributed by atoms with Crippen molar-refractivity contribution >= 4 is 22.1 Å². The number of halogens is 2. The van der Waals surface area contributed by atoms with Crippen molar-refractivity contribution in [3.63, 3.8) is 0 Å². The fourth-order valence-electron chi connectivity index (χ4n) is 4.20. The molecule has 7 nitrogen and oxygen atoms in total. The van der Waals surface area contributed by atoms with Crippen LogP contribution in [0.4, 0.5) is 13.9 Å². The Bertz CT molecular complexity index is 1320. The number of piperazine rings is 1. The molecule has 1 fully saturated rings. The minimum absolute atomic E-state index is 0.140. The molecule has 178 valence electrons. The second-order valence-electron chi connectivity index (χ2n) is 9.12. The minimum atomic E-state index is -0.643. The van der Waals surface area contributed by atoms with Crippen LogP contribution in [0.3, 0.4) is 0 Å². The standard InChI is InChI=1S/C24H27F2N7S/c1-14(2)23-29-28-20-8-7-19(30-33(20)23)22-21(17-6-5-16(25)13-18(17)26)27-24(34-22)32-11-9-31(10-12-32)15(3)4/h5-8,13-15H,9-12H2,1-4H3. The summed E-state index contributed by atoms with van der Waals surface area (Å²) in [4.78, 5) is 10.2. The van der Waals surface area contributed by atoms with Crippen LogP contribution in [0.5, 0.6) is 0 Å². The summed E-state index contributed by atoms with van der Waals surface area (Å²) in [6.07, 6.45) is 0.